The van der Waals surface area contributed by atoms with Crippen LogP contribution in [0, 0.1) is 11.6 Å². The molecule has 2 aromatic rings. The van der Waals surface area contributed by atoms with E-state index in [9.17, 15) is 8.78 Å². The maximum absolute atomic E-state index is 13.4. The predicted molar refractivity (Wildman–Crippen MR) is 56.2 cm³/mol. The van der Waals surface area contributed by atoms with Crippen LogP contribution in [0.5, 0.6) is 0 Å². The van der Waals surface area contributed by atoms with E-state index in [1.807, 2.05) is 0 Å². The van der Waals surface area contributed by atoms with Crippen LogP contribution in [0.1, 0.15) is 0 Å². The summed E-state index contributed by atoms with van der Waals surface area (Å²) in [6.45, 7) is 0. The Morgan fingerprint density at radius 2 is 1.47 bits per heavy atom. The van der Waals surface area contributed by atoms with Crippen LogP contribution in [0.15, 0.2) is 42.5 Å². The van der Waals surface area contributed by atoms with E-state index in [1.54, 1.807) is 24.3 Å². The molecule has 0 aromatic heterocycles. The van der Waals surface area contributed by atoms with Gasteiger partial charge in [0.2, 0.25) is 0 Å². The van der Waals surface area contributed by atoms with E-state index >= 15 is 0 Å². The fraction of sp³-hybridized carbons (Fsp3) is 0. The minimum absolute atomic E-state index is 0.188. The number of rotatable bonds is 1. The predicted octanol–water partition coefficient (Wildman–Crippen LogP) is 3.21. The number of hydrogen-bond donors (Lipinski definition) is 1. The van der Waals surface area contributed by atoms with Crippen LogP contribution in [0.25, 0.3) is 11.1 Å². The van der Waals surface area contributed by atoms with Gasteiger partial charge in [0.15, 0.2) is 11.6 Å². The van der Waals surface area contributed by atoms with Crippen molar-refractivity contribution in [3.8, 4) is 11.1 Å². The third-order valence-corrected chi connectivity index (χ3v) is 2.20. The van der Waals surface area contributed by atoms with Crippen molar-refractivity contribution in [3.63, 3.8) is 0 Å². The van der Waals surface area contributed by atoms with E-state index in [0.29, 0.717) is 11.3 Å². The molecule has 0 aliphatic rings. The first-order valence-corrected chi connectivity index (χ1v) is 4.49. The Kier molecular flexibility index (Phi) is 2.37. The van der Waals surface area contributed by atoms with Gasteiger partial charge in [0.25, 0.3) is 0 Å². The van der Waals surface area contributed by atoms with Crippen molar-refractivity contribution in [1.82, 2.24) is 0 Å². The van der Waals surface area contributed by atoms with E-state index in [4.69, 9.17) is 5.73 Å². The van der Waals surface area contributed by atoms with Crippen molar-refractivity contribution in [1.29, 1.82) is 0 Å². The minimum atomic E-state index is -0.865. The molecule has 0 atom stereocenters. The molecule has 0 aliphatic carbocycles. The molecule has 2 aromatic carbocycles. The Bertz CT molecular complexity index is 495. The fourth-order valence-corrected chi connectivity index (χ4v) is 1.45. The molecular weight excluding hydrogens is 196 g/mol. The second kappa shape index (κ2) is 3.69. The second-order valence-electron chi connectivity index (χ2n) is 3.19. The summed E-state index contributed by atoms with van der Waals surface area (Å²) < 4.78 is 26.4. The average molecular weight is 205 g/mol. The van der Waals surface area contributed by atoms with Gasteiger partial charge in [-0.25, -0.2) is 8.78 Å². The van der Waals surface area contributed by atoms with Crippen LogP contribution in [-0.4, -0.2) is 0 Å². The summed E-state index contributed by atoms with van der Waals surface area (Å²) >= 11 is 0. The van der Waals surface area contributed by atoms with Crippen LogP contribution in [0.2, 0.25) is 0 Å². The molecule has 0 spiro atoms. The smallest absolute Gasteiger partial charge is 0.166 e. The van der Waals surface area contributed by atoms with Crippen molar-refractivity contribution in [2.75, 3.05) is 5.73 Å². The van der Waals surface area contributed by atoms with Gasteiger partial charge < -0.3 is 5.73 Å². The van der Waals surface area contributed by atoms with E-state index in [2.05, 4.69) is 0 Å². The van der Waals surface area contributed by atoms with E-state index in [-0.39, 0.29) is 5.56 Å². The molecule has 0 saturated heterocycles. The third-order valence-electron chi connectivity index (χ3n) is 2.20. The summed E-state index contributed by atoms with van der Waals surface area (Å²) in [7, 11) is 0. The molecule has 15 heavy (non-hydrogen) atoms. The summed E-state index contributed by atoms with van der Waals surface area (Å²) in [6, 6.07) is 10.8. The lowest BCUT2D eigenvalue weighted by molar-refractivity contribution is 0.511. The van der Waals surface area contributed by atoms with Crippen LogP contribution in [-0.2, 0) is 0 Å². The lowest BCUT2D eigenvalue weighted by atomic mass is 10.0. The molecular formula is C12H9F2N. The van der Waals surface area contributed by atoms with Crippen molar-refractivity contribution in [3.05, 3.63) is 54.1 Å². The number of benzene rings is 2. The molecule has 2 N–H and O–H groups in total. The summed E-state index contributed by atoms with van der Waals surface area (Å²) in [5.41, 5.74) is 6.81. The van der Waals surface area contributed by atoms with Gasteiger partial charge in [-0.2, -0.15) is 0 Å². The maximum atomic E-state index is 13.4. The summed E-state index contributed by atoms with van der Waals surface area (Å²) in [5.74, 6) is -1.73. The highest BCUT2D eigenvalue weighted by Gasteiger charge is 2.10. The van der Waals surface area contributed by atoms with Crippen LogP contribution >= 0.6 is 0 Å². The maximum Gasteiger partial charge on any atom is 0.166 e. The Hall–Kier alpha value is -1.90. The molecule has 76 valence electrons. The number of para-hydroxylation sites is 1. The fourth-order valence-electron chi connectivity index (χ4n) is 1.45. The third kappa shape index (κ3) is 1.68. The van der Waals surface area contributed by atoms with Crippen LogP contribution in [0.4, 0.5) is 14.5 Å². The first kappa shape index (κ1) is 9.65. The average Bonchev–Trinajstić information content (AvgIpc) is 2.23. The topological polar surface area (TPSA) is 26.0 Å². The van der Waals surface area contributed by atoms with Gasteiger partial charge in [-0.1, -0.05) is 30.3 Å². The standard InChI is InChI=1S/C12H9F2N/c13-10-6-3-5-9(12(10)14)8-4-1-2-7-11(8)15/h1-7H,15H2. The lowest BCUT2D eigenvalue weighted by Crippen LogP contribution is -1.93. The molecule has 0 amide bonds. The highest BCUT2D eigenvalue weighted by atomic mass is 19.2. The molecule has 0 unspecified atom stereocenters. The molecule has 0 radical (unpaired) electrons. The number of nitrogen functional groups attached to an aromatic ring is 1. The molecule has 2 rings (SSSR count). The summed E-state index contributed by atoms with van der Waals surface area (Å²) in [5, 5.41) is 0. The highest BCUT2D eigenvalue weighted by Crippen LogP contribution is 2.28. The molecule has 0 heterocycles. The van der Waals surface area contributed by atoms with Crippen molar-refractivity contribution >= 4 is 5.69 Å². The molecule has 1 nitrogen and oxygen atoms in total. The van der Waals surface area contributed by atoms with Gasteiger partial charge >= 0.3 is 0 Å². The van der Waals surface area contributed by atoms with Crippen molar-refractivity contribution in [2.24, 2.45) is 0 Å². The monoisotopic (exact) mass is 205 g/mol. The van der Waals surface area contributed by atoms with Crippen LogP contribution < -0.4 is 5.73 Å². The number of anilines is 1. The minimum Gasteiger partial charge on any atom is -0.398 e. The quantitative estimate of drug-likeness (QED) is 0.711. The van der Waals surface area contributed by atoms with Gasteiger partial charge in [-0.15, -0.1) is 0 Å². The van der Waals surface area contributed by atoms with E-state index < -0.39 is 11.6 Å². The number of hydrogen-bond acceptors (Lipinski definition) is 1. The largest absolute Gasteiger partial charge is 0.398 e. The molecule has 0 bridgehead atoms. The van der Waals surface area contributed by atoms with E-state index in [0.717, 1.165) is 6.07 Å². The van der Waals surface area contributed by atoms with Crippen LogP contribution in [0.3, 0.4) is 0 Å². The Morgan fingerprint density at radius 3 is 2.20 bits per heavy atom. The normalized spacial score (nSPS) is 10.3. The lowest BCUT2D eigenvalue weighted by Gasteiger charge is -2.06. The summed E-state index contributed by atoms with van der Waals surface area (Å²) in [4.78, 5) is 0. The SMILES string of the molecule is Nc1ccccc1-c1cccc(F)c1F. The number of nitrogens with two attached hydrogens (primary N) is 1. The van der Waals surface area contributed by atoms with Gasteiger partial charge in [-0.3, -0.25) is 0 Å². The Morgan fingerprint density at radius 1 is 0.800 bits per heavy atom. The first-order valence-electron chi connectivity index (χ1n) is 4.49. The van der Waals surface area contributed by atoms with E-state index in [1.165, 1.54) is 12.1 Å². The van der Waals surface area contributed by atoms with Gasteiger partial charge in [0, 0.05) is 16.8 Å². The Labute approximate surface area is 86.2 Å². The van der Waals surface area contributed by atoms with Crippen molar-refractivity contribution in [2.45, 2.75) is 0 Å². The zero-order chi connectivity index (χ0) is 10.8. The molecule has 0 fully saturated rings. The van der Waals surface area contributed by atoms with Gasteiger partial charge in [0.1, 0.15) is 0 Å². The van der Waals surface area contributed by atoms with Crippen molar-refractivity contribution < 1.29 is 8.78 Å². The molecule has 0 aliphatic heterocycles. The first-order chi connectivity index (χ1) is 7.20. The molecule has 3 heteroatoms. The second-order valence-corrected chi connectivity index (χ2v) is 3.19. The summed E-state index contributed by atoms with van der Waals surface area (Å²) in [6.07, 6.45) is 0. The van der Waals surface area contributed by atoms with Gasteiger partial charge in [0.05, 0.1) is 0 Å². The Balaban J connectivity index is 2.65. The van der Waals surface area contributed by atoms with Gasteiger partial charge in [-0.05, 0) is 12.1 Å². The number of halogens is 2. The highest BCUT2D eigenvalue weighted by molar-refractivity contribution is 5.76. The zero-order valence-corrected chi connectivity index (χ0v) is 7.87. The zero-order valence-electron chi connectivity index (χ0n) is 7.87. The molecule has 0 saturated carbocycles.